The highest BCUT2D eigenvalue weighted by atomic mass is 16.1. The number of hydrogen-bond donors (Lipinski definition) is 1. The van der Waals surface area contributed by atoms with Crippen molar-refractivity contribution < 1.29 is 4.79 Å². The van der Waals surface area contributed by atoms with Crippen LogP contribution in [0, 0.1) is 18.3 Å². The van der Waals surface area contributed by atoms with Crippen LogP contribution in [-0.4, -0.2) is 34.9 Å². The van der Waals surface area contributed by atoms with Crippen LogP contribution in [0.3, 0.4) is 0 Å². The zero-order chi connectivity index (χ0) is 19.7. The third-order valence-corrected chi connectivity index (χ3v) is 5.58. The first kappa shape index (κ1) is 18.3. The molecule has 0 bridgehead atoms. The zero-order valence-electron chi connectivity index (χ0n) is 16.1. The normalized spacial score (nSPS) is 14.9. The molecule has 0 aliphatic carbocycles. The summed E-state index contributed by atoms with van der Waals surface area (Å²) in [6.07, 6.45) is 3.57. The van der Waals surface area contributed by atoms with Crippen molar-refractivity contribution in [1.29, 1.82) is 5.26 Å². The molecule has 28 heavy (non-hydrogen) atoms. The summed E-state index contributed by atoms with van der Waals surface area (Å²) in [7, 11) is 0. The van der Waals surface area contributed by atoms with E-state index in [0.717, 1.165) is 53.8 Å². The Kier molecular flexibility index (Phi) is 4.89. The molecule has 2 heterocycles. The van der Waals surface area contributed by atoms with Gasteiger partial charge in [0.1, 0.15) is 0 Å². The van der Waals surface area contributed by atoms with Crippen molar-refractivity contribution in [1.82, 2.24) is 9.47 Å². The third kappa shape index (κ3) is 3.28. The summed E-state index contributed by atoms with van der Waals surface area (Å²) in [5.74, 6) is 0.141. The molecular formula is C23H24N4O. The maximum Gasteiger partial charge on any atom is 0.179 e. The second-order valence-corrected chi connectivity index (χ2v) is 7.49. The van der Waals surface area contributed by atoms with Gasteiger partial charge in [0.25, 0.3) is 0 Å². The Hall–Kier alpha value is -3.10. The highest BCUT2D eigenvalue weighted by molar-refractivity contribution is 6.11. The number of ketones is 1. The molecule has 2 N–H and O–H groups in total. The lowest BCUT2D eigenvalue weighted by Gasteiger charge is -2.25. The van der Waals surface area contributed by atoms with Gasteiger partial charge in [-0.3, -0.25) is 9.69 Å². The Balaban J connectivity index is 1.81. The van der Waals surface area contributed by atoms with Crippen LogP contribution < -0.4 is 5.73 Å². The fourth-order valence-corrected chi connectivity index (χ4v) is 4.21. The first-order valence-electron chi connectivity index (χ1n) is 9.75. The number of piperidine rings is 1. The minimum Gasteiger partial charge on any atom is -0.399 e. The number of anilines is 1. The molecule has 4 rings (SSSR count). The molecule has 1 saturated heterocycles. The van der Waals surface area contributed by atoms with Gasteiger partial charge < -0.3 is 10.3 Å². The van der Waals surface area contributed by atoms with Crippen LogP contribution in [0.1, 0.15) is 40.9 Å². The average Bonchev–Trinajstić information content (AvgIpc) is 3.00. The predicted octanol–water partition coefficient (Wildman–Crippen LogP) is 4.06. The number of aromatic nitrogens is 1. The Bertz CT molecular complexity index is 1070. The highest BCUT2D eigenvalue weighted by Crippen LogP contribution is 2.31. The van der Waals surface area contributed by atoms with Crippen LogP contribution in [0.5, 0.6) is 0 Å². The summed E-state index contributed by atoms with van der Waals surface area (Å²) in [4.78, 5) is 15.5. The van der Waals surface area contributed by atoms with E-state index in [4.69, 9.17) is 11.0 Å². The predicted molar refractivity (Wildman–Crippen MR) is 112 cm³/mol. The van der Waals surface area contributed by atoms with E-state index in [0.29, 0.717) is 17.8 Å². The van der Waals surface area contributed by atoms with Gasteiger partial charge in [-0.05, 0) is 75.3 Å². The van der Waals surface area contributed by atoms with E-state index in [1.807, 2.05) is 37.3 Å². The maximum absolute atomic E-state index is 13.3. The number of Topliss-reactive ketones (excluding diaryl/α,β-unsaturated/α-hetero) is 1. The minimum absolute atomic E-state index is 0.141. The van der Waals surface area contributed by atoms with Crippen molar-refractivity contribution >= 4 is 22.4 Å². The standard InChI is InChI=1S/C23H24N4O/c1-16-23(22(28)15-26-11-3-2-4-12-26)20-13-18(25)7-10-21(20)27(16)19-8-5-17(14-24)6-9-19/h5-10,13H,2-4,11-12,15,25H2,1H3. The largest absolute Gasteiger partial charge is 0.399 e. The van der Waals surface area contributed by atoms with Crippen molar-refractivity contribution in [2.45, 2.75) is 26.2 Å². The van der Waals surface area contributed by atoms with E-state index in [9.17, 15) is 4.79 Å². The first-order chi connectivity index (χ1) is 13.6. The fourth-order valence-electron chi connectivity index (χ4n) is 4.21. The van der Waals surface area contributed by atoms with Crippen LogP contribution >= 0.6 is 0 Å². The highest BCUT2D eigenvalue weighted by Gasteiger charge is 2.23. The number of nitrogen functional groups attached to an aromatic ring is 1. The molecule has 0 saturated carbocycles. The summed E-state index contributed by atoms with van der Waals surface area (Å²) in [6, 6.07) is 15.3. The number of nitriles is 1. The van der Waals surface area contributed by atoms with E-state index >= 15 is 0 Å². The van der Waals surface area contributed by atoms with Gasteiger partial charge in [0.05, 0.1) is 23.7 Å². The van der Waals surface area contributed by atoms with Crippen molar-refractivity contribution in [2.75, 3.05) is 25.4 Å². The molecule has 142 valence electrons. The lowest BCUT2D eigenvalue weighted by Crippen LogP contribution is -2.34. The molecule has 0 unspecified atom stereocenters. The van der Waals surface area contributed by atoms with Gasteiger partial charge in [0, 0.05) is 28.0 Å². The van der Waals surface area contributed by atoms with Crippen molar-refractivity contribution in [2.24, 2.45) is 0 Å². The smallest absolute Gasteiger partial charge is 0.179 e. The van der Waals surface area contributed by atoms with E-state index in [2.05, 4.69) is 15.5 Å². The van der Waals surface area contributed by atoms with Gasteiger partial charge in [-0.1, -0.05) is 6.42 Å². The van der Waals surface area contributed by atoms with Crippen LogP contribution in [0.15, 0.2) is 42.5 Å². The lowest BCUT2D eigenvalue weighted by molar-refractivity contribution is 0.0916. The summed E-state index contributed by atoms with van der Waals surface area (Å²) < 4.78 is 2.08. The first-order valence-corrected chi connectivity index (χ1v) is 9.75. The summed E-state index contributed by atoms with van der Waals surface area (Å²) >= 11 is 0. The van der Waals surface area contributed by atoms with Crippen molar-refractivity contribution in [3.05, 3.63) is 59.3 Å². The Morgan fingerprint density at radius 3 is 2.50 bits per heavy atom. The van der Waals surface area contributed by atoms with Crippen LogP contribution in [0.4, 0.5) is 5.69 Å². The van der Waals surface area contributed by atoms with Gasteiger partial charge in [0.2, 0.25) is 0 Å². The van der Waals surface area contributed by atoms with Crippen LogP contribution in [0.2, 0.25) is 0 Å². The van der Waals surface area contributed by atoms with Crippen LogP contribution in [-0.2, 0) is 0 Å². The molecule has 2 aromatic carbocycles. The molecule has 0 spiro atoms. The molecule has 1 fully saturated rings. The molecule has 3 aromatic rings. The van der Waals surface area contributed by atoms with Gasteiger partial charge in [-0.15, -0.1) is 0 Å². The van der Waals surface area contributed by atoms with E-state index in [1.165, 1.54) is 6.42 Å². The van der Waals surface area contributed by atoms with Gasteiger partial charge >= 0.3 is 0 Å². The van der Waals surface area contributed by atoms with Crippen LogP contribution in [0.25, 0.3) is 16.6 Å². The molecule has 0 atom stereocenters. The minimum atomic E-state index is 0.141. The molecular weight excluding hydrogens is 348 g/mol. The number of hydrogen-bond acceptors (Lipinski definition) is 4. The topological polar surface area (TPSA) is 75.0 Å². The SMILES string of the molecule is Cc1c(C(=O)CN2CCCCC2)c2cc(N)ccc2n1-c1ccc(C#N)cc1. The quantitative estimate of drug-likeness (QED) is 0.553. The summed E-state index contributed by atoms with van der Waals surface area (Å²) in [6.45, 7) is 4.41. The van der Waals surface area contributed by atoms with Gasteiger partial charge in [-0.25, -0.2) is 0 Å². The number of rotatable bonds is 4. The number of likely N-dealkylation sites (tertiary alicyclic amines) is 1. The van der Waals surface area contributed by atoms with Crippen molar-refractivity contribution in [3.8, 4) is 11.8 Å². The Morgan fingerprint density at radius 2 is 1.82 bits per heavy atom. The number of fused-ring (bicyclic) bond motifs is 1. The molecule has 0 amide bonds. The maximum atomic E-state index is 13.3. The number of carbonyl (C=O) groups is 1. The second kappa shape index (κ2) is 7.49. The molecule has 5 nitrogen and oxygen atoms in total. The zero-order valence-corrected chi connectivity index (χ0v) is 16.1. The molecule has 5 heteroatoms. The Labute approximate surface area is 165 Å². The second-order valence-electron chi connectivity index (χ2n) is 7.49. The monoisotopic (exact) mass is 372 g/mol. The number of nitrogens with zero attached hydrogens (tertiary/aromatic N) is 3. The fraction of sp³-hybridized carbons (Fsp3) is 0.304. The molecule has 0 radical (unpaired) electrons. The summed E-state index contributed by atoms with van der Waals surface area (Å²) in [5, 5.41) is 9.96. The van der Waals surface area contributed by atoms with Gasteiger partial charge in [-0.2, -0.15) is 5.26 Å². The molecule has 1 aliphatic heterocycles. The number of carbonyl (C=O) groups excluding carboxylic acids is 1. The average molecular weight is 372 g/mol. The number of benzene rings is 2. The lowest BCUT2D eigenvalue weighted by atomic mass is 10.0. The summed E-state index contributed by atoms with van der Waals surface area (Å²) in [5.41, 5.74) is 10.9. The van der Waals surface area contributed by atoms with E-state index in [1.54, 1.807) is 12.1 Å². The van der Waals surface area contributed by atoms with E-state index < -0.39 is 0 Å². The Morgan fingerprint density at radius 1 is 1.11 bits per heavy atom. The third-order valence-electron chi connectivity index (χ3n) is 5.58. The van der Waals surface area contributed by atoms with Gasteiger partial charge in [0.15, 0.2) is 5.78 Å². The van der Waals surface area contributed by atoms with E-state index in [-0.39, 0.29) is 5.78 Å². The molecule has 1 aromatic heterocycles. The molecule has 1 aliphatic rings. The van der Waals surface area contributed by atoms with Crippen molar-refractivity contribution in [3.63, 3.8) is 0 Å². The number of nitrogens with two attached hydrogens (primary N) is 1.